The van der Waals surface area contributed by atoms with Crippen LogP contribution in [0.4, 0.5) is 4.39 Å². The summed E-state index contributed by atoms with van der Waals surface area (Å²) in [7, 11) is 2.56. The molecule has 22 heavy (non-hydrogen) atoms. The lowest BCUT2D eigenvalue weighted by Crippen LogP contribution is -2.10. The minimum Gasteiger partial charge on any atom is -0.494 e. The van der Waals surface area contributed by atoms with Crippen LogP contribution in [0, 0.1) is 5.82 Å². The molecule has 0 aliphatic heterocycles. The van der Waals surface area contributed by atoms with E-state index in [1.807, 2.05) is 0 Å². The Labute approximate surface area is 125 Å². The van der Waals surface area contributed by atoms with Gasteiger partial charge >= 0.3 is 5.97 Å². The molecule has 0 amide bonds. The van der Waals surface area contributed by atoms with Gasteiger partial charge in [0.1, 0.15) is 11.4 Å². The summed E-state index contributed by atoms with van der Waals surface area (Å²) in [5.74, 6) is -1.11. The van der Waals surface area contributed by atoms with Gasteiger partial charge in [0.2, 0.25) is 0 Å². The monoisotopic (exact) mass is 304 g/mol. The Bertz CT molecular complexity index is 787. The number of aromatic nitrogens is 1. The van der Waals surface area contributed by atoms with Gasteiger partial charge in [0.25, 0.3) is 0 Å². The molecule has 2 rings (SSSR count). The molecule has 0 saturated carbocycles. The van der Waals surface area contributed by atoms with Crippen LogP contribution >= 0.6 is 0 Å². The Morgan fingerprint density at radius 1 is 1.45 bits per heavy atom. The van der Waals surface area contributed by atoms with E-state index in [2.05, 4.69) is 15.0 Å². The molecular formula is C14H13FN4O3. The molecule has 0 aliphatic rings. The Balaban J connectivity index is 2.91. The van der Waals surface area contributed by atoms with Crippen molar-refractivity contribution in [2.45, 2.75) is 13.0 Å². The van der Waals surface area contributed by atoms with Gasteiger partial charge in [0.15, 0.2) is 5.75 Å². The quantitative estimate of drug-likeness (QED) is 0.373. The van der Waals surface area contributed by atoms with Gasteiger partial charge < -0.3 is 9.47 Å². The van der Waals surface area contributed by atoms with Crippen molar-refractivity contribution >= 4 is 16.9 Å². The number of benzene rings is 1. The number of methoxy groups -OCH3 is 2. The van der Waals surface area contributed by atoms with Crippen molar-refractivity contribution in [3.8, 4) is 5.75 Å². The Morgan fingerprint density at radius 3 is 2.77 bits per heavy atom. The molecule has 1 atom stereocenters. The van der Waals surface area contributed by atoms with E-state index in [0.29, 0.717) is 5.52 Å². The summed E-state index contributed by atoms with van der Waals surface area (Å²) >= 11 is 0. The topological polar surface area (TPSA) is 97.2 Å². The molecule has 7 nitrogen and oxygen atoms in total. The first kappa shape index (κ1) is 15.5. The third kappa shape index (κ3) is 2.64. The molecule has 0 N–H and O–H groups in total. The van der Waals surface area contributed by atoms with Gasteiger partial charge in [-0.3, -0.25) is 0 Å². The second kappa shape index (κ2) is 6.28. The number of pyridine rings is 1. The normalized spacial score (nSPS) is 11.6. The van der Waals surface area contributed by atoms with Crippen LogP contribution in [0.25, 0.3) is 21.3 Å². The zero-order valence-electron chi connectivity index (χ0n) is 12.2. The summed E-state index contributed by atoms with van der Waals surface area (Å²) in [5, 5.41) is 3.83. The summed E-state index contributed by atoms with van der Waals surface area (Å²) in [6, 6.07) is 3.17. The highest BCUT2D eigenvalue weighted by Gasteiger charge is 2.25. The Morgan fingerprint density at radius 2 is 2.18 bits per heavy atom. The number of halogens is 1. The fourth-order valence-electron chi connectivity index (χ4n) is 2.16. The minimum atomic E-state index is -0.691. The molecule has 0 saturated heterocycles. The third-order valence-electron chi connectivity index (χ3n) is 3.14. The van der Waals surface area contributed by atoms with Crippen molar-refractivity contribution in [3.05, 3.63) is 45.7 Å². The first-order valence-corrected chi connectivity index (χ1v) is 6.33. The van der Waals surface area contributed by atoms with Crippen molar-refractivity contribution in [3.63, 3.8) is 0 Å². The zero-order valence-corrected chi connectivity index (χ0v) is 12.2. The molecule has 1 aromatic carbocycles. The summed E-state index contributed by atoms with van der Waals surface area (Å²) in [6.45, 7) is 1.61. The van der Waals surface area contributed by atoms with E-state index < -0.39 is 17.8 Å². The van der Waals surface area contributed by atoms with Crippen molar-refractivity contribution in [2.24, 2.45) is 5.11 Å². The highest BCUT2D eigenvalue weighted by molar-refractivity contribution is 6.06. The number of nitrogens with zero attached hydrogens (tertiary/aromatic N) is 4. The van der Waals surface area contributed by atoms with Crippen LogP contribution in [0.2, 0.25) is 0 Å². The van der Waals surface area contributed by atoms with Crippen molar-refractivity contribution < 1.29 is 18.7 Å². The average molecular weight is 304 g/mol. The SMILES string of the molecule is COC(=O)c1c(OC)c(C(C)N=[N+]=[N-])nc2ccc(F)cc12. The van der Waals surface area contributed by atoms with Gasteiger partial charge in [0.05, 0.1) is 31.5 Å². The molecule has 0 spiro atoms. The van der Waals surface area contributed by atoms with E-state index in [1.54, 1.807) is 6.92 Å². The standard InChI is InChI=1S/C14H13FN4O3/c1-7(18-19-16)12-13(21-2)11(14(20)22-3)9-6-8(15)4-5-10(9)17-12/h4-7H,1-3H3. The molecule has 1 aromatic heterocycles. The number of carbonyl (C=O) groups is 1. The molecule has 2 aromatic rings. The number of esters is 1. The Hall–Kier alpha value is -2.86. The third-order valence-corrected chi connectivity index (χ3v) is 3.14. The number of hydrogen-bond donors (Lipinski definition) is 0. The summed E-state index contributed by atoms with van der Waals surface area (Å²) < 4.78 is 23.5. The fraction of sp³-hybridized carbons (Fsp3) is 0.286. The Kier molecular flexibility index (Phi) is 4.43. The number of ether oxygens (including phenoxy) is 2. The molecule has 0 radical (unpaired) electrons. The lowest BCUT2D eigenvalue weighted by atomic mass is 10.0. The number of fused-ring (bicyclic) bond motifs is 1. The highest BCUT2D eigenvalue weighted by atomic mass is 19.1. The van der Waals surface area contributed by atoms with Crippen molar-refractivity contribution in [1.82, 2.24) is 4.98 Å². The molecule has 0 bridgehead atoms. The van der Waals surface area contributed by atoms with E-state index >= 15 is 0 Å². The van der Waals surface area contributed by atoms with E-state index in [4.69, 9.17) is 15.0 Å². The van der Waals surface area contributed by atoms with E-state index in [1.165, 1.54) is 32.4 Å². The lowest BCUT2D eigenvalue weighted by molar-refractivity contribution is 0.0599. The minimum absolute atomic E-state index is 0.0458. The predicted octanol–water partition coefficient (Wildman–Crippen LogP) is 3.54. The summed E-state index contributed by atoms with van der Waals surface area (Å²) in [6.07, 6.45) is 0. The maximum atomic E-state index is 13.5. The first-order chi connectivity index (χ1) is 10.5. The van der Waals surface area contributed by atoms with E-state index in [0.717, 1.165) is 0 Å². The molecule has 0 aliphatic carbocycles. The van der Waals surface area contributed by atoms with Gasteiger partial charge in [-0.1, -0.05) is 12.0 Å². The average Bonchev–Trinajstić information content (AvgIpc) is 2.52. The highest BCUT2D eigenvalue weighted by Crippen LogP contribution is 2.35. The number of carbonyl (C=O) groups excluding carboxylic acids is 1. The molecular weight excluding hydrogens is 291 g/mol. The summed E-state index contributed by atoms with van der Waals surface area (Å²) in [5.41, 5.74) is 9.28. The van der Waals surface area contributed by atoms with Crippen molar-refractivity contribution in [2.75, 3.05) is 14.2 Å². The lowest BCUT2D eigenvalue weighted by Gasteiger charge is -2.16. The number of azide groups is 1. The molecule has 8 heteroatoms. The van der Waals surface area contributed by atoms with E-state index in [9.17, 15) is 9.18 Å². The maximum absolute atomic E-state index is 13.5. The van der Waals surface area contributed by atoms with Crippen LogP contribution in [0.1, 0.15) is 29.0 Å². The largest absolute Gasteiger partial charge is 0.494 e. The zero-order chi connectivity index (χ0) is 16.3. The van der Waals surface area contributed by atoms with Crippen molar-refractivity contribution in [1.29, 1.82) is 0 Å². The molecule has 0 fully saturated rings. The fourth-order valence-corrected chi connectivity index (χ4v) is 2.16. The second-order valence-electron chi connectivity index (χ2n) is 4.44. The number of hydrogen-bond acceptors (Lipinski definition) is 5. The van der Waals surface area contributed by atoms with Gasteiger partial charge in [0, 0.05) is 10.3 Å². The van der Waals surface area contributed by atoms with Gasteiger partial charge in [-0.15, -0.1) is 0 Å². The van der Waals surface area contributed by atoms with Crippen LogP contribution in [0.15, 0.2) is 23.3 Å². The van der Waals surface area contributed by atoms with Gasteiger partial charge in [-0.05, 0) is 23.7 Å². The predicted molar refractivity (Wildman–Crippen MR) is 77.2 cm³/mol. The van der Waals surface area contributed by atoms with Crippen LogP contribution in [0.5, 0.6) is 5.75 Å². The van der Waals surface area contributed by atoms with Crippen LogP contribution in [0.3, 0.4) is 0 Å². The van der Waals surface area contributed by atoms with Gasteiger partial charge in [-0.2, -0.15) is 0 Å². The smallest absolute Gasteiger partial charge is 0.342 e. The summed E-state index contributed by atoms with van der Waals surface area (Å²) in [4.78, 5) is 19.1. The van der Waals surface area contributed by atoms with Gasteiger partial charge in [-0.25, -0.2) is 14.2 Å². The molecule has 1 unspecified atom stereocenters. The second-order valence-corrected chi connectivity index (χ2v) is 4.44. The van der Waals surface area contributed by atoms with Crippen LogP contribution in [-0.2, 0) is 4.74 Å². The van der Waals surface area contributed by atoms with E-state index in [-0.39, 0.29) is 22.4 Å². The van der Waals surface area contributed by atoms with Crippen LogP contribution < -0.4 is 4.74 Å². The molecule has 1 heterocycles. The number of rotatable bonds is 4. The molecule has 114 valence electrons. The maximum Gasteiger partial charge on any atom is 0.342 e. The van der Waals surface area contributed by atoms with Crippen LogP contribution in [-0.4, -0.2) is 25.2 Å². The first-order valence-electron chi connectivity index (χ1n) is 6.33.